The summed E-state index contributed by atoms with van der Waals surface area (Å²) in [5, 5.41) is 10.2. The summed E-state index contributed by atoms with van der Waals surface area (Å²) < 4.78 is 0. The maximum atomic E-state index is 12.9. The molecule has 1 aliphatic rings. The molecule has 3 rings (SSSR count). The summed E-state index contributed by atoms with van der Waals surface area (Å²) >= 11 is 1.33. The Morgan fingerprint density at radius 3 is 2.52 bits per heavy atom. The molecule has 29 heavy (non-hydrogen) atoms. The Hall–Kier alpha value is -2.99. The third kappa shape index (κ3) is 4.90. The van der Waals surface area contributed by atoms with E-state index in [-0.39, 0.29) is 11.7 Å². The molecule has 0 radical (unpaired) electrons. The van der Waals surface area contributed by atoms with E-state index in [1.807, 2.05) is 18.2 Å². The Morgan fingerprint density at radius 1 is 1.17 bits per heavy atom. The van der Waals surface area contributed by atoms with E-state index in [9.17, 15) is 9.90 Å². The van der Waals surface area contributed by atoms with Crippen LogP contribution in [0.4, 0.5) is 11.4 Å². The Labute approximate surface area is 176 Å². The van der Waals surface area contributed by atoms with E-state index >= 15 is 0 Å². The second-order valence-electron chi connectivity index (χ2n) is 6.49. The van der Waals surface area contributed by atoms with Gasteiger partial charge in [0.25, 0.3) is 5.91 Å². The molecule has 1 heterocycles. The van der Waals surface area contributed by atoms with Gasteiger partial charge in [-0.25, -0.2) is 4.99 Å². The Kier molecular flexibility index (Phi) is 6.77. The molecule has 1 saturated heterocycles. The minimum atomic E-state index is -0.0957. The summed E-state index contributed by atoms with van der Waals surface area (Å²) in [5.41, 5.74) is 2.73. The standard InChI is InChI=1S/C23H25N3O2S/c1-4-14-26-22(28)21(29-23(26)24-18-8-7-9-20(27)16-18)15-17-10-12-19(13-11-17)25(5-2)6-3/h4,7-13,15-16,27H,1,5-6,14H2,2-3H3/b21-15+,24-23?. The SMILES string of the molecule is C=CCN1C(=O)/C(=C\c2ccc(N(CC)CC)cc2)SC1=Nc1cccc(O)c1. The normalized spacial score (nSPS) is 16.6. The minimum Gasteiger partial charge on any atom is -0.508 e. The Balaban J connectivity index is 1.88. The number of anilines is 1. The summed E-state index contributed by atoms with van der Waals surface area (Å²) in [4.78, 5) is 21.9. The van der Waals surface area contributed by atoms with Gasteiger partial charge in [0.1, 0.15) is 5.75 Å². The number of aliphatic imine (C=N–C) groups is 1. The lowest BCUT2D eigenvalue weighted by atomic mass is 10.1. The van der Waals surface area contributed by atoms with Gasteiger partial charge in [-0.15, -0.1) is 6.58 Å². The van der Waals surface area contributed by atoms with Crippen LogP contribution in [0.5, 0.6) is 5.75 Å². The second-order valence-corrected chi connectivity index (χ2v) is 7.50. The fraction of sp³-hybridized carbons (Fsp3) is 0.217. The lowest BCUT2D eigenvalue weighted by Crippen LogP contribution is -2.29. The van der Waals surface area contributed by atoms with Gasteiger partial charge in [-0.1, -0.05) is 24.3 Å². The van der Waals surface area contributed by atoms with E-state index in [1.54, 1.807) is 35.2 Å². The molecule has 5 nitrogen and oxygen atoms in total. The number of nitrogens with zero attached hydrogens (tertiary/aromatic N) is 3. The Bertz CT molecular complexity index is 947. The highest BCUT2D eigenvalue weighted by Crippen LogP contribution is 2.34. The maximum absolute atomic E-state index is 12.9. The van der Waals surface area contributed by atoms with Crippen molar-refractivity contribution in [1.29, 1.82) is 0 Å². The van der Waals surface area contributed by atoms with Crippen LogP contribution in [0.2, 0.25) is 0 Å². The smallest absolute Gasteiger partial charge is 0.267 e. The van der Waals surface area contributed by atoms with E-state index in [0.717, 1.165) is 18.7 Å². The number of phenols is 1. The number of thioether (sulfide) groups is 1. The van der Waals surface area contributed by atoms with Gasteiger partial charge >= 0.3 is 0 Å². The molecular weight excluding hydrogens is 382 g/mol. The number of hydrogen-bond donors (Lipinski definition) is 1. The van der Waals surface area contributed by atoms with Gasteiger partial charge < -0.3 is 10.0 Å². The first-order chi connectivity index (χ1) is 14.0. The zero-order valence-corrected chi connectivity index (χ0v) is 17.5. The summed E-state index contributed by atoms with van der Waals surface area (Å²) in [7, 11) is 0. The molecule has 0 aliphatic carbocycles. The molecule has 0 aromatic heterocycles. The van der Waals surface area contributed by atoms with E-state index < -0.39 is 0 Å². The minimum absolute atomic E-state index is 0.0957. The molecule has 0 unspecified atom stereocenters. The Morgan fingerprint density at radius 2 is 1.90 bits per heavy atom. The lowest BCUT2D eigenvalue weighted by molar-refractivity contribution is -0.121. The first-order valence-corrected chi connectivity index (χ1v) is 10.4. The van der Waals surface area contributed by atoms with Crippen molar-refractivity contribution < 1.29 is 9.90 Å². The van der Waals surface area contributed by atoms with Gasteiger partial charge in [0.2, 0.25) is 0 Å². The number of benzene rings is 2. The first kappa shape index (κ1) is 20.7. The van der Waals surface area contributed by atoms with Crippen molar-refractivity contribution in [3.05, 3.63) is 71.7 Å². The number of aromatic hydroxyl groups is 1. The number of phenolic OH excluding ortho intramolecular Hbond substituents is 1. The van der Waals surface area contributed by atoms with Gasteiger partial charge in [-0.3, -0.25) is 9.69 Å². The van der Waals surface area contributed by atoms with E-state index in [2.05, 4.69) is 42.5 Å². The van der Waals surface area contributed by atoms with Crippen LogP contribution in [0.15, 0.2) is 71.1 Å². The highest BCUT2D eigenvalue weighted by atomic mass is 32.2. The van der Waals surface area contributed by atoms with Crippen LogP contribution in [-0.4, -0.2) is 40.7 Å². The molecule has 150 valence electrons. The average Bonchev–Trinajstić information content (AvgIpc) is 2.99. The number of carbonyl (C=O) groups excluding carboxylic acids is 1. The molecule has 1 amide bonds. The van der Waals surface area contributed by atoms with Crippen molar-refractivity contribution in [1.82, 2.24) is 4.90 Å². The molecule has 0 spiro atoms. The van der Waals surface area contributed by atoms with Crippen LogP contribution in [0.25, 0.3) is 6.08 Å². The third-order valence-corrected chi connectivity index (χ3v) is 5.58. The fourth-order valence-corrected chi connectivity index (χ4v) is 4.08. The largest absolute Gasteiger partial charge is 0.508 e. The molecule has 0 atom stereocenters. The summed E-state index contributed by atoms with van der Waals surface area (Å²) in [6.45, 7) is 10.3. The number of amides is 1. The molecule has 0 saturated carbocycles. The topological polar surface area (TPSA) is 56.1 Å². The van der Waals surface area contributed by atoms with Crippen LogP contribution in [0.3, 0.4) is 0 Å². The van der Waals surface area contributed by atoms with E-state index in [1.165, 1.54) is 17.4 Å². The molecule has 1 fully saturated rings. The molecule has 2 aromatic carbocycles. The van der Waals surface area contributed by atoms with Gasteiger partial charge in [0.15, 0.2) is 5.17 Å². The van der Waals surface area contributed by atoms with Gasteiger partial charge in [0, 0.05) is 31.4 Å². The van der Waals surface area contributed by atoms with Crippen LogP contribution < -0.4 is 4.90 Å². The summed E-state index contributed by atoms with van der Waals surface area (Å²) in [6.07, 6.45) is 3.57. The van der Waals surface area contributed by atoms with E-state index in [4.69, 9.17) is 0 Å². The quantitative estimate of drug-likeness (QED) is 0.517. The fourth-order valence-electron chi connectivity index (χ4n) is 3.08. The lowest BCUT2D eigenvalue weighted by Gasteiger charge is -2.20. The van der Waals surface area contributed by atoms with Crippen molar-refractivity contribution in [3.63, 3.8) is 0 Å². The highest BCUT2D eigenvalue weighted by Gasteiger charge is 2.32. The average molecular weight is 408 g/mol. The molecule has 1 N–H and O–H groups in total. The zero-order chi connectivity index (χ0) is 20.8. The number of hydrogen-bond acceptors (Lipinski definition) is 5. The van der Waals surface area contributed by atoms with Gasteiger partial charge in [0.05, 0.1) is 10.6 Å². The number of rotatable bonds is 7. The van der Waals surface area contributed by atoms with Crippen LogP contribution in [0.1, 0.15) is 19.4 Å². The zero-order valence-electron chi connectivity index (χ0n) is 16.7. The molecule has 6 heteroatoms. The summed E-state index contributed by atoms with van der Waals surface area (Å²) in [5.74, 6) is 0.0436. The second kappa shape index (κ2) is 9.47. The van der Waals surface area contributed by atoms with Crippen molar-refractivity contribution in [3.8, 4) is 5.75 Å². The van der Waals surface area contributed by atoms with Crippen molar-refractivity contribution >= 4 is 40.3 Å². The van der Waals surface area contributed by atoms with Crippen LogP contribution in [-0.2, 0) is 4.79 Å². The number of carbonyl (C=O) groups is 1. The summed E-state index contributed by atoms with van der Waals surface area (Å²) in [6, 6.07) is 14.9. The predicted molar refractivity (Wildman–Crippen MR) is 123 cm³/mol. The van der Waals surface area contributed by atoms with Gasteiger partial charge in [-0.05, 0) is 61.5 Å². The highest BCUT2D eigenvalue weighted by molar-refractivity contribution is 8.18. The van der Waals surface area contributed by atoms with E-state index in [0.29, 0.717) is 22.3 Å². The van der Waals surface area contributed by atoms with Crippen molar-refractivity contribution in [2.24, 2.45) is 4.99 Å². The van der Waals surface area contributed by atoms with Crippen molar-refractivity contribution in [2.75, 3.05) is 24.5 Å². The van der Waals surface area contributed by atoms with Gasteiger partial charge in [-0.2, -0.15) is 0 Å². The predicted octanol–water partition coefficient (Wildman–Crippen LogP) is 5.03. The van der Waals surface area contributed by atoms with Crippen LogP contribution in [0, 0.1) is 0 Å². The third-order valence-electron chi connectivity index (χ3n) is 4.57. The molecule has 2 aromatic rings. The maximum Gasteiger partial charge on any atom is 0.267 e. The van der Waals surface area contributed by atoms with Crippen LogP contribution >= 0.6 is 11.8 Å². The molecule has 1 aliphatic heterocycles. The van der Waals surface area contributed by atoms with Crippen molar-refractivity contribution in [2.45, 2.75) is 13.8 Å². The molecule has 0 bridgehead atoms. The number of amidine groups is 1. The first-order valence-electron chi connectivity index (χ1n) is 9.60. The monoisotopic (exact) mass is 407 g/mol. The molecular formula is C23H25N3O2S.